The number of nitrogens with one attached hydrogen (secondary N) is 1. The number of nitrogens with zero attached hydrogens (tertiary/aromatic N) is 1. The summed E-state index contributed by atoms with van der Waals surface area (Å²) in [6, 6.07) is 9.99. The average Bonchev–Trinajstić information content (AvgIpc) is 2.68. The van der Waals surface area contributed by atoms with Gasteiger partial charge >= 0.3 is 0 Å². The van der Waals surface area contributed by atoms with E-state index in [0.717, 1.165) is 16.1 Å². The molecule has 6 nitrogen and oxygen atoms in total. The normalized spacial score (nSPS) is 16.0. The van der Waals surface area contributed by atoms with Crippen molar-refractivity contribution >= 4 is 68.2 Å². The lowest BCUT2D eigenvalue weighted by Gasteiger charge is -2.34. The molecule has 162 valence electrons. The third-order valence-corrected chi connectivity index (χ3v) is 7.41. The first-order valence-corrected chi connectivity index (χ1v) is 13.0. The summed E-state index contributed by atoms with van der Waals surface area (Å²) < 4.78 is 31.2. The highest BCUT2D eigenvalue weighted by atomic mass is 35.5. The van der Waals surface area contributed by atoms with Gasteiger partial charge in [0, 0.05) is 33.1 Å². The van der Waals surface area contributed by atoms with Crippen LogP contribution < -0.4 is 14.4 Å². The molecule has 30 heavy (non-hydrogen) atoms. The van der Waals surface area contributed by atoms with Crippen LogP contribution in [0.5, 0.6) is 5.75 Å². The van der Waals surface area contributed by atoms with Crippen LogP contribution in [0.4, 0.5) is 5.69 Å². The largest absolute Gasteiger partial charge is 0.476 e. The van der Waals surface area contributed by atoms with Gasteiger partial charge < -0.3 is 10.1 Å². The molecule has 2 aromatic carbocycles. The van der Waals surface area contributed by atoms with E-state index in [-0.39, 0.29) is 12.5 Å². The molecule has 1 heterocycles. The molecule has 1 unspecified atom stereocenters. The molecule has 1 aliphatic heterocycles. The number of rotatable bonds is 7. The molecule has 0 spiro atoms. The van der Waals surface area contributed by atoms with Crippen molar-refractivity contribution in [3.63, 3.8) is 0 Å². The maximum atomic E-state index is 12.6. The number of hydrogen-bond donors (Lipinski definition) is 1. The van der Waals surface area contributed by atoms with Crippen molar-refractivity contribution in [2.45, 2.75) is 11.9 Å². The van der Waals surface area contributed by atoms with E-state index in [0.29, 0.717) is 44.6 Å². The summed E-state index contributed by atoms with van der Waals surface area (Å²) in [6.07, 6.45) is 0.116. The Morgan fingerprint density at radius 3 is 2.60 bits per heavy atom. The number of sulfonamides is 1. The number of ether oxygens (including phenoxy) is 1. The Morgan fingerprint density at radius 2 is 1.93 bits per heavy atom. The van der Waals surface area contributed by atoms with E-state index in [2.05, 4.69) is 5.32 Å². The molecule has 0 saturated carbocycles. The molecule has 0 aromatic heterocycles. The molecule has 0 bridgehead atoms. The highest BCUT2D eigenvalue weighted by Gasteiger charge is 2.35. The van der Waals surface area contributed by atoms with E-state index < -0.39 is 16.1 Å². The maximum Gasteiger partial charge on any atom is 0.263 e. The standard InChI is InChI=1S/C19H19Cl3N2O4S2/c1-30(26,27)24-10-18(28-17-6-5-12(20)9-16(17)24)19(25)23-7-8-29-11-13-14(21)3-2-4-15(13)22/h2-6,9,18H,7-8,10-11H2,1H3,(H,23,25). The second kappa shape index (κ2) is 9.87. The van der Waals surface area contributed by atoms with Gasteiger partial charge in [-0.15, -0.1) is 0 Å². The van der Waals surface area contributed by atoms with Crippen molar-refractivity contribution in [1.82, 2.24) is 5.32 Å². The molecule has 1 N–H and O–H groups in total. The number of halogens is 3. The maximum absolute atomic E-state index is 12.6. The third-order valence-electron chi connectivity index (χ3n) is 4.34. The lowest BCUT2D eigenvalue weighted by Crippen LogP contribution is -2.50. The first-order chi connectivity index (χ1) is 14.2. The Labute approximate surface area is 194 Å². The monoisotopic (exact) mass is 508 g/mol. The number of benzene rings is 2. The van der Waals surface area contributed by atoms with Gasteiger partial charge in [0.05, 0.1) is 18.5 Å². The van der Waals surface area contributed by atoms with E-state index in [9.17, 15) is 13.2 Å². The van der Waals surface area contributed by atoms with Gasteiger partial charge in [-0.3, -0.25) is 9.10 Å². The van der Waals surface area contributed by atoms with Gasteiger partial charge in [0.15, 0.2) is 6.10 Å². The van der Waals surface area contributed by atoms with Gasteiger partial charge in [0.1, 0.15) is 5.75 Å². The SMILES string of the molecule is CS(=O)(=O)N1CC(C(=O)NCCSCc2c(Cl)cccc2Cl)Oc2ccc(Cl)cc21. The quantitative estimate of drug-likeness (QED) is 0.566. The predicted molar refractivity (Wildman–Crippen MR) is 124 cm³/mol. The van der Waals surface area contributed by atoms with Crippen LogP contribution in [0.2, 0.25) is 15.1 Å². The summed E-state index contributed by atoms with van der Waals surface area (Å²) >= 11 is 19.9. The van der Waals surface area contributed by atoms with E-state index >= 15 is 0 Å². The van der Waals surface area contributed by atoms with Crippen molar-refractivity contribution in [1.29, 1.82) is 0 Å². The van der Waals surface area contributed by atoms with Crippen LogP contribution in [0.3, 0.4) is 0 Å². The Hall–Kier alpha value is -1.32. The summed E-state index contributed by atoms with van der Waals surface area (Å²) in [5.41, 5.74) is 1.17. The van der Waals surface area contributed by atoms with Gasteiger partial charge in [-0.1, -0.05) is 40.9 Å². The predicted octanol–water partition coefficient (Wildman–Crippen LogP) is 4.22. The number of hydrogen-bond acceptors (Lipinski definition) is 5. The Bertz CT molecular complexity index is 1030. The fourth-order valence-electron chi connectivity index (χ4n) is 2.88. The second-order valence-electron chi connectivity index (χ2n) is 6.56. The van der Waals surface area contributed by atoms with Crippen LogP contribution in [0, 0.1) is 0 Å². The minimum absolute atomic E-state index is 0.125. The summed E-state index contributed by atoms with van der Waals surface area (Å²) in [7, 11) is -3.60. The fraction of sp³-hybridized carbons (Fsp3) is 0.316. The van der Waals surface area contributed by atoms with Crippen molar-refractivity contribution in [2.24, 2.45) is 0 Å². The van der Waals surface area contributed by atoms with Crippen LogP contribution in [0.15, 0.2) is 36.4 Å². The second-order valence-corrected chi connectivity index (χ2v) is 10.8. The van der Waals surface area contributed by atoms with Crippen molar-refractivity contribution < 1.29 is 17.9 Å². The third kappa shape index (κ3) is 5.68. The summed E-state index contributed by atoms with van der Waals surface area (Å²) in [6.45, 7) is 0.262. The van der Waals surface area contributed by atoms with Crippen LogP contribution in [-0.2, 0) is 20.6 Å². The Morgan fingerprint density at radius 1 is 1.23 bits per heavy atom. The van der Waals surface area contributed by atoms with E-state index in [1.54, 1.807) is 42.1 Å². The van der Waals surface area contributed by atoms with E-state index in [4.69, 9.17) is 39.5 Å². The van der Waals surface area contributed by atoms with Crippen LogP contribution in [0.25, 0.3) is 0 Å². The molecular formula is C19H19Cl3N2O4S2. The van der Waals surface area contributed by atoms with Gasteiger partial charge in [0.2, 0.25) is 10.0 Å². The molecule has 1 atom stereocenters. The molecule has 11 heteroatoms. The molecule has 2 aromatic rings. The molecule has 0 fully saturated rings. The zero-order valence-electron chi connectivity index (χ0n) is 15.9. The molecular weight excluding hydrogens is 491 g/mol. The van der Waals surface area contributed by atoms with Crippen LogP contribution in [0.1, 0.15) is 5.56 Å². The minimum atomic E-state index is -3.60. The smallest absolute Gasteiger partial charge is 0.263 e. The van der Waals surface area contributed by atoms with Crippen molar-refractivity contribution in [2.75, 3.05) is 29.4 Å². The number of carbonyl (C=O) groups excluding carboxylic acids is 1. The summed E-state index contributed by atoms with van der Waals surface area (Å²) in [5, 5.41) is 4.37. The van der Waals surface area contributed by atoms with E-state index in [1.165, 1.54) is 6.07 Å². The Kier molecular flexibility index (Phi) is 7.68. The van der Waals surface area contributed by atoms with Gasteiger partial charge in [-0.2, -0.15) is 11.8 Å². The minimum Gasteiger partial charge on any atom is -0.476 e. The Balaban J connectivity index is 1.56. The zero-order chi connectivity index (χ0) is 21.9. The lowest BCUT2D eigenvalue weighted by atomic mass is 10.2. The number of amides is 1. The van der Waals surface area contributed by atoms with Crippen molar-refractivity contribution in [3.8, 4) is 5.75 Å². The molecule has 1 amide bonds. The van der Waals surface area contributed by atoms with E-state index in [1.807, 2.05) is 0 Å². The number of anilines is 1. The topological polar surface area (TPSA) is 75.7 Å². The molecule has 0 saturated heterocycles. The molecule has 0 aliphatic carbocycles. The number of fused-ring (bicyclic) bond motifs is 1. The number of carbonyl (C=O) groups is 1. The molecule has 0 radical (unpaired) electrons. The summed E-state index contributed by atoms with van der Waals surface area (Å²) in [4.78, 5) is 12.6. The van der Waals surface area contributed by atoms with Gasteiger partial charge in [-0.05, 0) is 35.9 Å². The van der Waals surface area contributed by atoms with Crippen LogP contribution >= 0.6 is 46.6 Å². The lowest BCUT2D eigenvalue weighted by molar-refractivity contribution is -0.127. The molecule has 1 aliphatic rings. The van der Waals surface area contributed by atoms with Gasteiger partial charge in [0.25, 0.3) is 5.91 Å². The van der Waals surface area contributed by atoms with Gasteiger partial charge in [-0.25, -0.2) is 8.42 Å². The summed E-state index contributed by atoms with van der Waals surface area (Å²) in [5.74, 6) is 1.14. The number of thioether (sulfide) groups is 1. The fourth-order valence-corrected chi connectivity index (χ4v) is 5.55. The first-order valence-electron chi connectivity index (χ1n) is 8.89. The van der Waals surface area contributed by atoms with Crippen molar-refractivity contribution in [3.05, 3.63) is 57.0 Å². The highest BCUT2D eigenvalue weighted by molar-refractivity contribution is 7.98. The molecule has 3 rings (SSSR count). The highest BCUT2D eigenvalue weighted by Crippen LogP contribution is 2.37. The van der Waals surface area contributed by atoms with Crippen LogP contribution in [-0.4, -0.2) is 45.5 Å². The zero-order valence-corrected chi connectivity index (χ0v) is 19.8. The first kappa shape index (κ1) is 23.3. The average molecular weight is 510 g/mol.